The van der Waals surface area contributed by atoms with E-state index in [0.29, 0.717) is 16.7 Å². The van der Waals surface area contributed by atoms with Gasteiger partial charge < -0.3 is 46.2 Å². The minimum absolute atomic E-state index is 0.101. The third-order valence-corrected chi connectivity index (χ3v) is 23.2. The van der Waals surface area contributed by atoms with Gasteiger partial charge in [-0.3, -0.25) is 33.4 Å². The van der Waals surface area contributed by atoms with Gasteiger partial charge in [-0.15, -0.1) is 0 Å². The van der Waals surface area contributed by atoms with Gasteiger partial charge in [0.05, 0.1) is 78.0 Å². The summed E-state index contributed by atoms with van der Waals surface area (Å²) in [6.07, 6.45) is -0.664. The van der Waals surface area contributed by atoms with Crippen LogP contribution in [-0.2, 0) is 67.3 Å². The summed E-state index contributed by atoms with van der Waals surface area (Å²) in [7, 11) is -20.4. The third kappa shape index (κ3) is 17.7. The molecule has 28 heteroatoms. The predicted octanol–water partition coefficient (Wildman–Crippen LogP) is 14.1. The Balaban J connectivity index is 0.000000289. The fraction of sp³-hybridized carbons (Fsp3) is 0.538. The van der Waals surface area contributed by atoms with Crippen LogP contribution in [0.1, 0.15) is 122 Å². The van der Waals surface area contributed by atoms with E-state index in [1.165, 1.54) is 24.5 Å². The fourth-order valence-corrected chi connectivity index (χ4v) is 19.0. The van der Waals surface area contributed by atoms with Crippen LogP contribution in [0.5, 0.6) is 0 Å². The second kappa shape index (κ2) is 29.3. The minimum atomic E-state index is -4.78. The molecule has 0 aliphatic rings. The second-order valence-corrected chi connectivity index (χ2v) is 30.3. The molecule has 80 heavy (non-hydrogen) atoms. The highest BCUT2D eigenvalue weighted by molar-refractivity contribution is 7.74. The van der Waals surface area contributed by atoms with Gasteiger partial charge in [-0.05, 0) is 164 Å². The van der Waals surface area contributed by atoms with Crippen molar-refractivity contribution in [1.82, 2.24) is 30.4 Å². The Labute approximate surface area is 473 Å². The first-order chi connectivity index (χ1) is 37.1. The molecule has 0 radical (unpaired) electrons. The summed E-state index contributed by atoms with van der Waals surface area (Å²) in [4.78, 5) is 8.33. The highest BCUT2D eigenvalue weighted by Gasteiger charge is 2.69. The third-order valence-electron chi connectivity index (χ3n) is 10.5. The van der Waals surface area contributed by atoms with Crippen molar-refractivity contribution in [2.75, 3.05) is 0 Å². The predicted molar refractivity (Wildman–Crippen MR) is 310 cm³/mol. The first-order valence-corrected chi connectivity index (χ1v) is 32.7. The number of pyridine rings is 2. The van der Waals surface area contributed by atoms with Crippen LogP contribution in [0, 0.1) is 0 Å². The topological polar surface area (TPSA) is 266 Å². The first-order valence-electron chi connectivity index (χ1n) is 26.1. The molecule has 0 spiro atoms. The molecule has 0 saturated heterocycles. The molecule has 0 bridgehead atoms. The molecule has 0 aliphatic carbocycles. The van der Waals surface area contributed by atoms with E-state index in [1.807, 2.05) is 24.3 Å². The number of hydrogen-bond donors (Lipinski definition) is 4. The molecule has 0 fully saturated rings. The van der Waals surface area contributed by atoms with E-state index >= 15 is 8.78 Å². The Kier molecular flexibility index (Phi) is 25.2. The number of benzene rings is 2. The molecule has 0 atom stereocenters. The van der Waals surface area contributed by atoms with E-state index in [1.54, 1.807) is 147 Å². The zero-order chi connectivity index (χ0) is 60.2. The molecule has 444 valence electrons. The molecule has 4 N–H and O–H groups in total. The van der Waals surface area contributed by atoms with Crippen molar-refractivity contribution in [3.05, 3.63) is 102 Å². The molecular weight excluding hydrogens is 1140 g/mol. The van der Waals surface area contributed by atoms with Crippen LogP contribution in [-0.4, -0.2) is 107 Å². The molecule has 6 aromatic rings. The van der Waals surface area contributed by atoms with Gasteiger partial charge in [0, 0.05) is 41.6 Å². The number of H-pyrrole nitrogens is 2. The van der Waals surface area contributed by atoms with Crippen LogP contribution in [0.4, 0.5) is 8.78 Å². The normalized spacial score (nSPS) is 13.2. The van der Waals surface area contributed by atoms with Crippen molar-refractivity contribution < 1.29 is 73.3 Å². The smallest absolute Gasteiger partial charge is 0.423 e. The lowest BCUT2D eigenvalue weighted by molar-refractivity contribution is 0.0792. The number of halogens is 3. The minimum Gasteiger partial charge on any atom is -0.423 e. The maximum absolute atomic E-state index is 17.7. The van der Waals surface area contributed by atoms with Crippen molar-refractivity contribution >= 4 is 76.4 Å². The number of rotatable bonds is 26. The van der Waals surface area contributed by atoms with Gasteiger partial charge in [0.25, 0.3) is 0 Å². The van der Waals surface area contributed by atoms with E-state index in [0.717, 1.165) is 27.4 Å². The number of aromatic nitrogens is 6. The van der Waals surface area contributed by atoms with Crippen molar-refractivity contribution in [2.45, 2.75) is 183 Å². The van der Waals surface area contributed by atoms with Gasteiger partial charge in [-0.25, -0.2) is 13.8 Å². The number of nitrogens with one attached hydrogen (secondary N) is 2. The maximum Gasteiger partial charge on any atom is 0.489 e. The number of fused-ring (bicyclic) bond motifs is 2. The van der Waals surface area contributed by atoms with Gasteiger partial charge >= 0.3 is 47.8 Å². The maximum atomic E-state index is 17.7. The second-order valence-electron chi connectivity index (χ2n) is 20.7. The number of hydrogen-bond acceptors (Lipinski definition) is 18. The van der Waals surface area contributed by atoms with Gasteiger partial charge in [-0.1, -0.05) is 35.9 Å². The highest BCUT2D eigenvalue weighted by Crippen LogP contribution is 2.82. The molecule has 0 saturated carbocycles. The van der Waals surface area contributed by atoms with Crippen molar-refractivity contribution in [3.63, 3.8) is 0 Å². The Bertz CT molecular complexity index is 3000. The summed E-state index contributed by atoms with van der Waals surface area (Å²) in [5.74, 6) is 0. The monoisotopic (exact) mass is 1220 g/mol. The van der Waals surface area contributed by atoms with Crippen LogP contribution in [0.2, 0.25) is 5.15 Å². The van der Waals surface area contributed by atoms with Crippen molar-refractivity contribution in [2.24, 2.45) is 0 Å². The summed E-state index contributed by atoms with van der Waals surface area (Å²) in [6, 6.07) is 16.9. The van der Waals surface area contributed by atoms with Crippen LogP contribution < -0.4 is 5.46 Å². The van der Waals surface area contributed by atoms with Crippen molar-refractivity contribution in [1.29, 1.82) is 0 Å². The van der Waals surface area contributed by atoms with Gasteiger partial charge in [-0.2, -0.15) is 10.2 Å². The number of aromatic amines is 2. The summed E-state index contributed by atoms with van der Waals surface area (Å²) >= 11 is 5.94. The van der Waals surface area contributed by atoms with Gasteiger partial charge in [0.15, 0.2) is 0 Å². The van der Waals surface area contributed by atoms with Gasteiger partial charge in [0.1, 0.15) is 5.15 Å². The summed E-state index contributed by atoms with van der Waals surface area (Å²) in [5, 5.41) is 26.8. The van der Waals surface area contributed by atoms with Crippen LogP contribution >= 0.6 is 42.0 Å². The fourth-order valence-electron chi connectivity index (χ4n) is 7.86. The lowest BCUT2D eigenvalue weighted by Crippen LogP contribution is -2.34. The molecule has 20 nitrogen and oxygen atoms in total. The average molecular weight is 1220 g/mol. The first kappa shape index (κ1) is 68.9. The zero-order valence-corrected chi connectivity index (χ0v) is 52.5. The lowest BCUT2D eigenvalue weighted by Gasteiger charge is -2.39. The van der Waals surface area contributed by atoms with E-state index in [9.17, 15) is 18.3 Å². The Hall–Kier alpha value is -3.59. The molecule has 4 heterocycles. The number of nitrogens with zero attached hydrogens (tertiary/aromatic N) is 4. The van der Waals surface area contributed by atoms with Crippen molar-refractivity contribution in [3.8, 4) is 11.3 Å². The van der Waals surface area contributed by atoms with E-state index in [-0.39, 0.29) is 10.7 Å². The molecule has 6 rings (SSSR count). The highest BCUT2D eigenvalue weighted by atomic mass is 35.5. The molecule has 0 aliphatic heterocycles. The zero-order valence-electron chi connectivity index (χ0n) is 48.2. The van der Waals surface area contributed by atoms with Crippen LogP contribution in [0.15, 0.2) is 85.5 Å². The molecule has 0 amide bonds. The van der Waals surface area contributed by atoms with E-state index in [4.69, 9.17) is 57.8 Å². The standard InChI is InChI=1S/C26H38FN3O6P2.C19H33ClFNO6P2.C7H7BN2O2/c1-17(2)33-37(31,34-18(3)4)26(27,38(32,35-19(5)6)36-20(7)8)15-21-12-13-28-25(14-21)22-10-9-11-24-23(22)16-29-30-24;1-13(2)25-29(23,26-14(3)4)19(21,12-17-9-10-22-18(20)11-17)30(24,27-15(5)6)28-16(7)8;11-8(12)6-2-1-3-7-5(6)4-9-10-7/h9-14,16-20H,15H2,1-8H3,(H,29,30);9-11,13-16H,12H2,1-8H3;1-4,11-12H,(H,9,10). The quantitative estimate of drug-likeness (QED) is 0.0223. The molecular formula is C52H78BClF2N6O14P4. The Morgan fingerprint density at radius 3 is 1.21 bits per heavy atom. The van der Waals surface area contributed by atoms with Crippen LogP contribution in [0.3, 0.4) is 0 Å². The molecule has 0 unspecified atom stereocenters. The Morgan fingerprint density at radius 2 is 0.850 bits per heavy atom. The SMILES string of the molecule is CC(C)OP(=O)(OC(C)C)C(F)(Cc1ccnc(-c2cccc3[nH]ncc23)c1)P(=O)(OC(C)C)OC(C)C.CC(C)OP(=O)(OC(C)C)C(F)(Cc1ccnc(Cl)c1)P(=O)(OC(C)C)OC(C)C.OB(O)c1cccc2[nH]ncc12. The van der Waals surface area contributed by atoms with E-state index in [2.05, 4.69) is 30.4 Å². The molecule has 4 aromatic heterocycles. The average Bonchev–Trinajstić information content (AvgIpc) is 4.00. The summed E-state index contributed by atoms with van der Waals surface area (Å²) in [6.45, 7) is 25.5. The largest absolute Gasteiger partial charge is 0.489 e. The Morgan fingerprint density at radius 1 is 0.512 bits per heavy atom. The van der Waals surface area contributed by atoms with Gasteiger partial charge in [0.2, 0.25) is 0 Å². The van der Waals surface area contributed by atoms with E-state index < -0.39 is 109 Å². The molecule has 2 aromatic carbocycles. The summed E-state index contributed by atoms with van der Waals surface area (Å²) < 4.78 is 136. The number of alkyl halides is 2. The lowest BCUT2D eigenvalue weighted by atomic mass is 9.78. The summed E-state index contributed by atoms with van der Waals surface area (Å²) in [5.41, 5.74) is 4.04. The van der Waals surface area contributed by atoms with Crippen LogP contribution in [0.25, 0.3) is 33.1 Å².